The number of aryl methyl sites for hydroxylation is 2. The van der Waals surface area contributed by atoms with Gasteiger partial charge in [0.1, 0.15) is 12.1 Å². The smallest absolute Gasteiger partial charge is 0.261 e. The molecule has 180 valence electrons. The van der Waals surface area contributed by atoms with Crippen molar-refractivity contribution in [1.82, 2.24) is 10.3 Å². The van der Waals surface area contributed by atoms with Gasteiger partial charge in [0.25, 0.3) is 15.9 Å². The molecule has 0 aliphatic heterocycles. The molecule has 0 atom stereocenters. The first-order valence-electron chi connectivity index (χ1n) is 10.9. The number of sulfonamides is 1. The Morgan fingerprint density at radius 3 is 2.43 bits per heavy atom. The molecule has 0 aliphatic carbocycles. The van der Waals surface area contributed by atoms with Crippen LogP contribution in [-0.2, 0) is 16.4 Å². The van der Waals surface area contributed by atoms with E-state index in [0.29, 0.717) is 30.1 Å². The number of hydrogen-bond donors (Lipinski definition) is 2. The van der Waals surface area contributed by atoms with Gasteiger partial charge in [-0.2, -0.15) is 0 Å². The summed E-state index contributed by atoms with van der Waals surface area (Å²) < 4.78 is 46.5. The quantitative estimate of drug-likeness (QED) is 0.365. The van der Waals surface area contributed by atoms with Gasteiger partial charge in [0.05, 0.1) is 10.6 Å². The number of hydrogen-bond acceptors (Lipinski definition) is 5. The van der Waals surface area contributed by atoms with Crippen LogP contribution in [0.3, 0.4) is 0 Å². The predicted octanol–water partition coefficient (Wildman–Crippen LogP) is 4.87. The molecule has 1 amide bonds. The maximum atomic E-state index is 13.1. The number of amides is 1. The highest BCUT2D eigenvalue weighted by molar-refractivity contribution is 7.92. The van der Waals surface area contributed by atoms with Gasteiger partial charge in [0.15, 0.2) is 0 Å². The van der Waals surface area contributed by atoms with Crippen molar-refractivity contribution >= 4 is 21.6 Å². The second-order valence-electron chi connectivity index (χ2n) is 8.11. The van der Waals surface area contributed by atoms with Crippen molar-refractivity contribution in [2.24, 2.45) is 0 Å². The molecule has 0 saturated heterocycles. The Bertz CT molecular complexity index is 1450. The fraction of sp³-hybridized carbons (Fsp3) is 0.154. The van der Waals surface area contributed by atoms with Gasteiger partial charge in [-0.3, -0.25) is 9.52 Å². The molecular formula is C26H24FN3O4S. The first kappa shape index (κ1) is 24.2. The summed E-state index contributed by atoms with van der Waals surface area (Å²) in [7, 11) is -3.96. The van der Waals surface area contributed by atoms with Crippen LogP contribution in [0.15, 0.2) is 82.3 Å². The highest BCUT2D eigenvalue weighted by Gasteiger charge is 2.18. The molecular weight excluding hydrogens is 469 g/mol. The van der Waals surface area contributed by atoms with E-state index in [0.717, 1.165) is 23.3 Å². The molecule has 3 aromatic carbocycles. The van der Waals surface area contributed by atoms with Gasteiger partial charge in [-0.1, -0.05) is 23.8 Å². The highest BCUT2D eigenvalue weighted by Crippen LogP contribution is 2.21. The Morgan fingerprint density at radius 2 is 1.71 bits per heavy atom. The number of carbonyl (C=O) groups excluding carboxylic acids is 1. The predicted molar refractivity (Wildman–Crippen MR) is 131 cm³/mol. The first-order chi connectivity index (χ1) is 16.7. The van der Waals surface area contributed by atoms with Crippen LogP contribution in [0.2, 0.25) is 0 Å². The summed E-state index contributed by atoms with van der Waals surface area (Å²) >= 11 is 0. The van der Waals surface area contributed by atoms with Gasteiger partial charge in [-0.05, 0) is 67.9 Å². The van der Waals surface area contributed by atoms with Crippen LogP contribution in [-0.4, -0.2) is 25.9 Å². The topological polar surface area (TPSA) is 101 Å². The first-order valence-corrected chi connectivity index (χ1v) is 12.4. The molecule has 0 aliphatic rings. The molecule has 4 aromatic rings. The zero-order valence-electron chi connectivity index (χ0n) is 19.2. The zero-order chi connectivity index (χ0) is 25.0. The largest absolute Gasteiger partial charge is 0.444 e. The third-order valence-electron chi connectivity index (χ3n) is 5.38. The lowest BCUT2D eigenvalue weighted by Gasteiger charge is -2.12. The van der Waals surface area contributed by atoms with E-state index in [-0.39, 0.29) is 16.1 Å². The van der Waals surface area contributed by atoms with E-state index < -0.39 is 21.7 Å². The van der Waals surface area contributed by atoms with Crippen LogP contribution in [0.4, 0.5) is 10.1 Å². The van der Waals surface area contributed by atoms with Gasteiger partial charge < -0.3 is 9.73 Å². The number of nitrogens with one attached hydrogen (secondary N) is 2. The van der Waals surface area contributed by atoms with E-state index in [9.17, 15) is 17.6 Å². The van der Waals surface area contributed by atoms with E-state index in [1.807, 2.05) is 31.2 Å². The van der Waals surface area contributed by atoms with Crippen LogP contribution in [0.5, 0.6) is 0 Å². The van der Waals surface area contributed by atoms with E-state index in [1.54, 1.807) is 19.3 Å². The number of rotatable bonds is 8. The third kappa shape index (κ3) is 5.93. The molecule has 7 nitrogen and oxygen atoms in total. The summed E-state index contributed by atoms with van der Waals surface area (Å²) in [5.74, 6) is -0.364. The molecule has 0 fully saturated rings. The Hall–Kier alpha value is -3.98. The average molecular weight is 494 g/mol. The Morgan fingerprint density at radius 1 is 1.00 bits per heavy atom. The van der Waals surface area contributed by atoms with Crippen LogP contribution in [0.1, 0.15) is 27.2 Å². The SMILES string of the molecule is Cc1ccc(-c2nc(CCNC(=O)c3cc(S(=O)(=O)Nc4ccc(F)cc4)ccc3C)co2)cc1. The molecule has 0 radical (unpaired) electrons. The maximum Gasteiger partial charge on any atom is 0.261 e. The van der Waals surface area contributed by atoms with Crippen LogP contribution in [0, 0.1) is 19.7 Å². The molecule has 9 heteroatoms. The van der Waals surface area contributed by atoms with Crippen molar-refractivity contribution in [3.63, 3.8) is 0 Å². The summed E-state index contributed by atoms with van der Waals surface area (Å²) in [4.78, 5) is 17.2. The minimum Gasteiger partial charge on any atom is -0.444 e. The van der Waals surface area contributed by atoms with Gasteiger partial charge in [-0.25, -0.2) is 17.8 Å². The minimum absolute atomic E-state index is 0.0724. The summed E-state index contributed by atoms with van der Waals surface area (Å²) in [6.45, 7) is 4.02. The monoisotopic (exact) mass is 493 g/mol. The highest BCUT2D eigenvalue weighted by atomic mass is 32.2. The lowest BCUT2D eigenvalue weighted by atomic mass is 10.1. The van der Waals surface area contributed by atoms with Crippen molar-refractivity contribution < 1.29 is 22.0 Å². The molecule has 1 heterocycles. The van der Waals surface area contributed by atoms with Crippen molar-refractivity contribution in [2.45, 2.75) is 25.2 Å². The second-order valence-corrected chi connectivity index (χ2v) is 9.79. The number of halogens is 1. The summed E-state index contributed by atoms with van der Waals surface area (Å²) in [6.07, 6.45) is 2.01. The van der Waals surface area contributed by atoms with Gasteiger partial charge >= 0.3 is 0 Å². The van der Waals surface area contributed by atoms with Gasteiger partial charge in [0, 0.05) is 29.8 Å². The molecule has 0 bridgehead atoms. The molecule has 1 aromatic heterocycles. The summed E-state index contributed by atoms with van der Waals surface area (Å²) in [6, 6.07) is 17.1. The second kappa shape index (κ2) is 10.1. The van der Waals surface area contributed by atoms with Crippen molar-refractivity contribution in [3.05, 3.63) is 101 Å². The molecule has 35 heavy (non-hydrogen) atoms. The molecule has 0 spiro atoms. The third-order valence-corrected chi connectivity index (χ3v) is 6.76. The van der Waals surface area contributed by atoms with Crippen LogP contribution < -0.4 is 10.0 Å². The molecule has 0 unspecified atom stereocenters. The Labute approximate surface area is 203 Å². The van der Waals surface area contributed by atoms with Crippen LogP contribution in [0.25, 0.3) is 11.5 Å². The Balaban J connectivity index is 1.40. The molecule has 4 rings (SSSR count). The lowest BCUT2D eigenvalue weighted by molar-refractivity contribution is 0.0953. The number of benzene rings is 3. The number of aromatic nitrogens is 1. The average Bonchev–Trinajstić information content (AvgIpc) is 3.30. The van der Waals surface area contributed by atoms with Gasteiger partial charge in [-0.15, -0.1) is 0 Å². The van der Waals surface area contributed by atoms with E-state index in [2.05, 4.69) is 15.0 Å². The van der Waals surface area contributed by atoms with E-state index in [4.69, 9.17) is 4.42 Å². The minimum atomic E-state index is -3.96. The lowest BCUT2D eigenvalue weighted by Crippen LogP contribution is -2.27. The van der Waals surface area contributed by atoms with E-state index in [1.165, 1.54) is 24.3 Å². The number of anilines is 1. The van der Waals surface area contributed by atoms with Crippen molar-refractivity contribution in [3.8, 4) is 11.5 Å². The zero-order valence-corrected chi connectivity index (χ0v) is 20.0. The molecule has 2 N–H and O–H groups in total. The number of oxazole rings is 1. The maximum absolute atomic E-state index is 13.1. The summed E-state index contributed by atoms with van der Waals surface area (Å²) in [5, 5.41) is 2.80. The van der Waals surface area contributed by atoms with E-state index >= 15 is 0 Å². The fourth-order valence-electron chi connectivity index (χ4n) is 3.39. The molecule has 0 saturated carbocycles. The van der Waals surface area contributed by atoms with Crippen molar-refractivity contribution in [2.75, 3.05) is 11.3 Å². The standard InChI is InChI=1S/C26H24FN3O4S/c1-17-3-6-19(7-4-17)26-29-22(16-34-26)13-14-28-25(31)24-15-23(12-5-18(24)2)35(32,33)30-21-10-8-20(27)9-11-21/h3-12,15-16,30H,13-14H2,1-2H3,(H,28,31). The van der Waals surface area contributed by atoms with Crippen molar-refractivity contribution in [1.29, 1.82) is 0 Å². The Kier molecular flexibility index (Phi) is 6.97. The van der Waals surface area contributed by atoms with Gasteiger partial charge in [0.2, 0.25) is 5.89 Å². The van der Waals surface area contributed by atoms with Crippen LogP contribution >= 0.6 is 0 Å². The number of nitrogens with zero attached hydrogens (tertiary/aromatic N) is 1. The normalized spacial score (nSPS) is 11.3. The summed E-state index contributed by atoms with van der Waals surface area (Å²) in [5.41, 5.74) is 3.79. The number of carbonyl (C=O) groups is 1. The fourth-order valence-corrected chi connectivity index (χ4v) is 4.48.